The highest BCUT2D eigenvalue weighted by atomic mass is 32.2. The van der Waals surface area contributed by atoms with Crippen molar-refractivity contribution in [1.82, 2.24) is 9.21 Å². The van der Waals surface area contributed by atoms with Crippen LogP contribution in [-0.2, 0) is 14.8 Å². The first-order valence-electron chi connectivity index (χ1n) is 9.26. The van der Waals surface area contributed by atoms with Crippen molar-refractivity contribution < 1.29 is 17.9 Å². The summed E-state index contributed by atoms with van der Waals surface area (Å²) in [7, 11) is -3.61. The van der Waals surface area contributed by atoms with Gasteiger partial charge in [0.15, 0.2) is 0 Å². The number of benzene rings is 1. The average molecular weight is 391 g/mol. The van der Waals surface area contributed by atoms with Crippen molar-refractivity contribution in [2.75, 3.05) is 26.2 Å². The van der Waals surface area contributed by atoms with Gasteiger partial charge in [0.2, 0.25) is 10.0 Å². The van der Waals surface area contributed by atoms with Crippen LogP contribution in [0, 0.1) is 17.2 Å². The van der Waals surface area contributed by atoms with Crippen LogP contribution < -0.4 is 0 Å². The molecule has 1 aromatic rings. The van der Waals surface area contributed by atoms with Crippen molar-refractivity contribution >= 4 is 15.9 Å². The molecule has 2 atom stereocenters. The van der Waals surface area contributed by atoms with E-state index in [1.807, 2.05) is 13.8 Å². The van der Waals surface area contributed by atoms with E-state index in [9.17, 15) is 13.2 Å². The molecule has 8 heteroatoms. The maximum absolute atomic E-state index is 12.9. The zero-order valence-corrected chi connectivity index (χ0v) is 16.5. The van der Waals surface area contributed by atoms with Gasteiger partial charge in [0.1, 0.15) is 0 Å². The van der Waals surface area contributed by atoms with Crippen LogP contribution in [0.25, 0.3) is 0 Å². The highest BCUT2D eigenvalue weighted by Gasteiger charge is 2.32. The Morgan fingerprint density at radius 3 is 2.19 bits per heavy atom. The molecule has 1 aromatic carbocycles. The van der Waals surface area contributed by atoms with Crippen LogP contribution in [0.2, 0.25) is 0 Å². The van der Waals surface area contributed by atoms with Crippen molar-refractivity contribution in [3.8, 4) is 6.07 Å². The molecule has 0 saturated carbocycles. The number of nitrogens with zero attached hydrogens (tertiary/aromatic N) is 3. The molecule has 0 bridgehead atoms. The van der Waals surface area contributed by atoms with Gasteiger partial charge in [-0.3, -0.25) is 4.79 Å². The van der Waals surface area contributed by atoms with Crippen LogP contribution in [0.1, 0.15) is 37.0 Å². The molecule has 0 spiro atoms. The van der Waals surface area contributed by atoms with Crippen molar-refractivity contribution in [2.24, 2.45) is 5.92 Å². The molecule has 3 rings (SSSR count). The van der Waals surface area contributed by atoms with E-state index in [1.165, 1.54) is 16.4 Å². The average Bonchev–Trinajstić information content (AvgIpc) is 2.67. The molecule has 0 aromatic heterocycles. The van der Waals surface area contributed by atoms with Gasteiger partial charge >= 0.3 is 0 Å². The maximum atomic E-state index is 12.9. The standard InChI is InChI=1S/C19H25N3O4S/c1-14-12-22(13-15(2)26-14)27(24,25)18-5-3-17(4-6-18)19(23)21-9-7-16(11-20)8-10-21/h3-6,14-16H,7-10,12-13H2,1-2H3. The van der Waals surface area contributed by atoms with Gasteiger partial charge in [-0.2, -0.15) is 9.57 Å². The summed E-state index contributed by atoms with van der Waals surface area (Å²) in [4.78, 5) is 14.5. The second kappa shape index (κ2) is 7.97. The normalized spacial score (nSPS) is 25.1. The summed E-state index contributed by atoms with van der Waals surface area (Å²) in [5, 5.41) is 8.96. The van der Waals surface area contributed by atoms with Gasteiger partial charge in [-0.05, 0) is 51.0 Å². The second-order valence-electron chi connectivity index (χ2n) is 7.30. The van der Waals surface area contributed by atoms with Crippen LogP contribution in [-0.4, -0.2) is 61.9 Å². The second-order valence-corrected chi connectivity index (χ2v) is 9.24. The van der Waals surface area contributed by atoms with Crippen LogP contribution in [0.15, 0.2) is 29.2 Å². The number of likely N-dealkylation sites (tertiary alicyclic amines) is 1. The molecule has 1 amide bonds. The fourth-order valence-electron chi connectivity index (χ4n) is 3.64. The number of carbonyl (C=O) groups excluding carboxylic acids is 1. The van der Waals surface area contributed by atoms with Crippen molar-refractivity contribution in [3.63, 3.8) is 0 Å². The minimum Gasteiger partial charge on any atom is -0.373 e. The number of hydrogen-bond donors (Lipinski definition) is 0. The fourth-order valence-corrected chi connectivity index (χ4v) is 5.23. The summed E-state index contributed by atoms with van der Waals surface area (Å²) in [6.45, 7) is 5.47. The molecule has 2 unspecified atom stereocenters. The Labute approximate surface area is 160 Å². The predicted octanol–water partition coefficient (Wildman–Crippen LogP) is 1.86. The molecule has 0 N–H and O–H groups in total. The van der Waals surface area contributed by atoms with E-state index in [1.54, 1.807) is 17.0 Å². The van der Waals surface area contributed by atoms with Crippen LogP contribution in [0.4, 0.5) is 0 Å². The SMILES string of the molecule is CC1CN(S(=O)(=O)c2ccc(C(=O)N3CCC(C#N)CC3)cc2)CC(C)O1. The number of amides is 1. The van der Waals surface area contributed by atoms with E-state index >= 15 is 0 Å². The molecule has 2 aliphatic heterocycles. The quantitative estimate of drug-likeness (QED) is 0.784. The highest BCUT2D eigenvalue weighted by Crippen LogP contribution is 2.23. The molecule has 0 radical (unpaired) electrons. The number of nitriles is 1. The van der Waals surface area contributed by atoms with Crippen molar-refractivity contribution in [2.45, 2.75) is 43.8 Å². The number of ether oxygens (including phenoxy) is 1. The van der Waals surface area contributed by atoms with Gasteiger partial charge in [0, 0.05) is 37.7 Å². The lowest BCUT2D eigenvalue weighted by molar-refractivity contribution is -0.0440. The molecule has 146 valence electrons. The number of carbonyl (C=O) groups is 1. The Kier molecular flexibility index (Phi) is 5.84. The lowest BCUT2D eigenvalue weighted by Gasteiger charge is -2.34. The summed E-state index contributed by atoms with van der Waals surface area (Å²) in [5.74, 6) is -0.108. The molecule has 0 aliphatic carbocycles. The van der Waals surface area contributed by atoms with Gasteiger partial charge in [0.05, 0.1) is 23.2 Å². The van der Waals surface area contributed by atoms with Crippen molar-refractivity contribution in [3.05, 3.63) is 29.8 Å². The fraction of sp³-hybridized carbons (Fsp3) is 0.579. The maximum Gasteiger partial charge on any atom is 0.253 e. The van der Waals surface area contributed by atoms with E-state index in [-0.39, 0.29) is 28.9 Å². The van der Waals surface area contributed by atoms with E-state index in [0.717, 1.165) is 0 Å². The zero-order valence-electron chi connectivity index (χ0n) is 15.7. The van der Waals surface area contributed by atoms with Gasteiger partial charge in [-0.25, -0.2) is 8.42 Å². The van der Waals surface area contributed by atoms with Gasteiger partial charge < -0.3 is 9.64 Å². The summed E-state index contributed by atoms with van der Waals surface area (Å²) >= 11 is 0. The van der Waals surface area contributed by atoms with E-state index in [0.29, 0.717) is 44.6 Å². The van der Waals surface area contributed by atoms with Gasteiger partial charge in [-0.1, -0.05) is 0 Å². The molecule has 2 fully saturated rings. The third-order valence-corrected chi connectivity index (χ3v) is 6.94. The number of sulfonamides is 1. The van der Waals surface area contributed by atoms with Gasteiger partial charge in [-0.15, -0.1) is 0 Å². The minimum absolute atomic E-state index is 0.0138. The Morgan fingerprint density at radius 2 is 1.67 bits per heavy atom. The van der Waals surface area contributed by atoms with E-state index in [2.05, 4.69) is 6.07 Å². The summed E-state index contributed by atoms with van der Waals surface area (Å²) in [6.07, 6.45) is 1.06. The first-order chi connectivity index (χ1) is 12.8. The molecule has 27 heavy (non-hydrogen) atoms. The third kappa shape index (κ3) is 4.32. The molecular formula is C19H25N3O4S. The highest BCUT2D eigenvalue weighted by molar-refractivity contribution is 7.89. The predicted molar refractivity (Wildman–Crippen MR) is 99.5 cm³/mol. The Bertz CT molecular complexity index is 814. The smallest absolute Gasteiger partial charge is 0.253 e. The summed E-state index contributed by atoms with van der Waals surface area (Å²) in [6, 6.07) is 8.37. The lowest BCUT2D eigenvalue weighted by Crippen LogP contribution is -2.48. The minimum atomic E-state index is -3.61. The first-order valence-corrected chi connectivity index (χ1v) is 10.7. The molecule has 2 saturated heterocycles. The molecule has 7 nitrogen and oxygen atoms in total. The molecule has 2 heterocycles. The number of morpholine rings is 1. The number of rotatable bonds is 3. The van der Waals surface area contributed by atoms with Crippen molar-refractivity contribution in [1.29, 1.82) is 5.26 Å². The summed E-state index contributed by atoms with van der Waals surface area (Å²) in [5.41, 5.74) is 0.466. The summed E-state index contributed by atoms with van der Waals surface area (Å²) < 4.78 is 32.8. The van der Waals surface area contributed by atoms with Crippen LogP contribution in [0.5, 0.6) is 0 Å². The number of piperidine rings is 1. The zero-order chi connectivity index (χ0) is 19.6. The Morgan fingerprint density at radius 1 is 1.11 bits per heavy atom. The van der Waals surface area contributed by atoms with Crippen LogP contribution >= 0.6 is 0 Å². The largest absolute Gasteiger partial charge is 0.373 e. The molecule has 2 aliphatic rings. The number of hydrogen-bond acceptors (Lipinski definition) is 5. The topological polar surface area (TPSA) is 90.7 Å². The van der Waals surface area contributed by atoms with Gasteiger partial charge in [0.25, 0.3) is 5.91 Å². The van der Waals surface area contributed by atoms with E-state index in [4.69, 9.17) is 10.00 Å². The Hall–Kier alpha value is -1.95. The first kappa shape index (κ1) is 19.8. The van der Waals surface area contributed by atoms with E-state index < -0.39 is 10.0 Å². The monoisotopic (exact) mass is 391 g/mol. The third-order valence-electron chi connectivity index (χ3n) is 5.09. The Balaban J connectivity index is 1.71. The van der Waals surface area contributed by atoms with Crippen LogP contribution in [0.3, 0.4) is 0 Å². The molecular weight excluding hydrogens is 366 g/mol. The lowest BCUT2D eigenvalue weighted by atomic mass is 9.98.